The molecule has 2 heterocycles. The van der Waals surface area contributed by atoms with Gasteiger partial charge in [-0.05, 0) is 49.1 Å². The predicted molar refractivity (Wildman–Crippen MR) is 102 cm³/mol. The zero-order chi connectivity index (χ0) is 15.1. The van der Waals surface area contributed by atoms with Crippen LogP contribution in [0.4, 0.5) is 0 Å². The van der Waals surface area contributed by atoms with E-state index < -0.39 is 5.60 Å². The van der Waals surface area contributed by atoms with Gasteiger partial charge in [0, 0.05) is 19.7 Å². The van der Waals surface area contributed by atoms with Crippen LogP contribution < -0.4 is 10.6 Å². The van der Waals surface area contributed by atoms with Crippen LogP contribution in [-0.2, 0) is 10.3 Å². The van der Waals surface area contributed by atoms with E-state index in [0.29, 0.717) is 6.54 Å². The van der Waals surface area contributed by atoms with Gasteiger partial charge in [-0.2, -0.15) is 11.3 Å². The Labute approximate surface area is 153 Å². The number of ether oxygens (including phenoxy) is 1. The zero-order valence-electron chi connectivity index (χ0n) is 13.2. The molecule has 0 spiro atoms. The highest BCUT2D eigenvalue weighted by Crippen LogP contribution is 2.23. The van der Waals surface area contributed by atoms with Crippen molar-refractivity contribution < 1.29 is 9.84 Å². The van der Waals surface area contributed by atoms with Crippen LogP contribution in [0.3, 0.4) is 0 Å². The van der Waals surface area contributed by atoms with Crippen LogP contribution in [0.1, 0.15) is 32.3 Å². The highest BCUT2D eigenvalue weighted by atomic mass is 127. The smallest absolute Gasteiger partial charge is 0.191 e. The second-order valence-corrected chi connectivity index (χ2v) is 6.28. The first-order valence-electron chi connectivity index (χ1n) is 7.50. The van der Waals surface area contributed by atoms with Gasteiger partial charge in [0.25, 0.3) is 0 Å². The molecule has 0 amide bonds. The predicted octanol–water partition coefficient (Wildman–Crippen LogP) is 2.31. The summed E-state index contributed by atoms with van der Waals surface area (Å²) in [6, 6.07) is 1.94. The standard InChI is InChI=1S/C15H25N3O2S.HI/c1-3-16-14(17-9-13-5-4-7-20-13)18-11-15(2,19)12-6-8-21-10-12;/h6,8,10,13,19H,3-5,7,9,11H2,1-2H3,(H2,16,17,18);1H. The number of rotatable bonds is 6. The van der Waals surface area contributed by atoms with Crippen LogP contribution in [0.25, 0.3) is 0 Å². The Morgan fingerprint density at radius 3 is 2.95 bits per heavy atom. The van der Waals surface area contributed by atoms with Gasteiger partial charge in [-0.15, -0.1) is 24.0 Å². The topological polar surface area (TPSA) is 65.9 Å². The van der Waals surface area contributed by atoms with Crippen molar-refractivity contribution >= 4 is 41.3 Å². The third kappa shape index (κ3) is 6.02. The largest absolute Gasteiger partial charge is 0.383 e. The number of hydrogen-bond donors (Lipinski definition) is 3. The molecule has 3 N–H and O–H groups in total. The van der Waals surface area contributed by atoms with Crippen LogP contribution in [0.15, 0.2) is 21.8 Å². The number of thiophene rings is 1. The van der Waals surface area contributed by atoms with E-state index in [9.17, 15) is 5.11 Å². The monoisotopic (exact) mass is 439 g/mol. The van der Waals surface area contributed by atoms with Crippen molar-refractivity contribution in [3.8, 4) is 0 Å². The third-order valence-corrected chi connectivity index (χ3v) is 4.24. The molecule has 0 saturated carbocycles. The van der Waals surface area contributed by atoms with Crippen molar-refractivity contribution in [3.63, 3.8) is 0 Å². The van der Waals surface area contributed by atoms with Gasteiger partial charge in [0.05, 0.1) is 12.6 Å². The molecule has 0 radical (unpaired) electrons. The van der Waals surface area contributed by atoms with Crippen molar-refractivity contribution in [1.29, 1.82) is 0 Å². The Bertz CT molecular complexity index is 446. The van der Waals surface area contributed by atoms with E-state index in [1.807, 2.05) is 23.8 Å². The van der Waals surface area contributed by atoms with Gasteiger partial charge < -0.3 is 20.5 Å². The molecular weight excluding hydrogens is 413 g/mol. The van der Waals surface area contributed by atoms with E-state index in [1.165, 1.54) is 0 Å². The maximum absolute atomic E-state index is 10.5. The average molecular weight is 439 g/mol. The molecule has 1 fully saturated rings. The van der Waals surface area contributed by atoms with Crippen molar-refractivity contribution in [2.45, 2.75) is 38.4 Å². The summed E-state index contributed by atoms with van der Waals surface area (Å²) in [5.74, 6) is 0.725. The lowest BCUT2D eigenvalue weighted by Gasteiger charge is -2.21. The Kier molecular flexibility index (Phi) is 8.66. The number of aliphatic hydroxyl groups is 1. The van der Waals surface area contributed by atoms with Gasteiger partial charge in [-0.3, -0.25) is 0 Å². The van der Waals surface area contributed by atoms with Gasteiger partial charge in [0.15, 0.2) is 5.96 Å². The van der Waals surface area contributed by atoms with Gasteiger partial charge in [-0.1, -0.05) is 0 Å². The fourth-order valence-electron chi connectivity index (χ4n) is 2.25. The Balaban J connectivity index is 0.00000242. The molecule has 2 rings (SSSR count). The summed E-state index contributed by atoms with van der Waals surface area (Å²) in [6.07, 6.45) is 2.50. The van der Waals surface area contributed by atoms with Crippen LogP contribution in [-0.4, -0.2) is 43.4 Å². The van der Waals surface area contributed by atoms with Crippen molar-refractivity contribution in [1.82, 2.24) is 10.6 Å². The molecule has 5 nitrogen and oxygen atoms in total. The molecule has 1 aromatic heterocycles. The normalized spacial score (nSPS) is 21.0. The average Bonchev–Trinajstić information content (AvgIpc) is 3.14. The maximum Gasteiger partial charge on any atom is 0.191 e. The summed E-state index contributed by atoms with van der Waals surface area (Å²) < 4.78 is 5.59. The molecule has 126 valence electrons. The van der Waals surface area contributed by atoms with E-state index in [4.69, 9.17) is 4.74 Å². The molecule has 0 aliphatic carbocycles. The minimum Gasteiger partial charge on any atom is -0.383 e. The fraction of sp³-hybridized carbons (Fsp3) is 0.667. The van der Waals surface area contributed by atoms with E-state index in [-0.39, 0.29) is 30.1 Å². The lowest BCUT2D eigenvalue weighted by atomic mass is 10.00. The van der Waals surface area contributed by atoms with Crippen LogP contribution >= 0.6 is 35.3 Å². The van der Waals surface area contributed by atoms with Crippen molar-refractivity contribution in [3.05, 3.63) is 22.4 Å². The molecule has 1 aromatic rings. The van der Waals surface area contributed by atoms with Crippen LogP contribution in [0, 0.1) is 0 Å². The van der Waals surface area contributed by atoms with E-state index in [2.05, 4.69) is 15.6 Å². The molecule has 2 atom stereocenters. The summed E-state index contributed by atoms with van der Waals surface area (Å²) in [5.41, 5.74) is -0.0297. The molecule has 7 heteroatoms. The van der Waals surface area contributed by atoms with Gasteiger partial charge in [-0.25, -0.2) is 4.99 Å². The number of nitrogens with zero attached hydrogens (tertiary/aromatic N) is 1. The van der Waals surface area contributed by atoms with Gasteiger partial charge >= 0.3 is 0 Å². The summed E-state index contributed by atoms with van der Waals surface area (Å²) >= 11 is 1.58. The van der Waals surface area contributed by atoms with Gasteiger partial charge in [0.2, 0.25) is 0 Å². The minimum absolute atomic E-state index is 0. The summed E-state index contributed by atoms with van der Waals surface area (Å²) in [6.45, 7) is 6.55. The van der Waals surface area contributed by atoms with Crippen molar-refractivity contribution in [2.75, 3.05) is 26.2 Å². The Morgan fingerprint density at radius 2 is 2.36 bits per heavy atom. The van der Waals surface area contributed by atoms with Gasteiger partial charge in [0.1, 0.15) is 5.60 Å². The highest BCUT2D eigenvalue weighted by Gasteiger charge is 2.23. The van der Waals surface area contributed by atoms with E-state index >= 15 is 0 Å². The molecule has 1 saturated heterocycles. The zero-order valence-corrected chi connectivity index (χ0v) is 16.3. The number of nitrogens with one attached hydrogen (secondary N) is 2. The first-order valence-corrected chi connectivity index (χ1v) is 8.45. The molecule has 1 aliphatic heterocycles. The minimum atomic E-state index is -0.938. The molecular formula is C15H26IN3O2S. The first kappa shape index (κ1) is 19.7. The quantitative estimate of drug-likeness (QED) is 0.362. The number of hydrogen-bond acceptors (Lipinski definition) is 4. The van der Waals surface area contributed by atoms with Crippen molar-refractivity contribution in [2.24, 2.45) is 4.99 Å². The Morgan fingerprint density at radius 1 is 1.55 bits per heavy atom. The summed E-state index contributed by atoms with van der Waals surface area (Å²) in [5, 5.41) is 20.9. The molecule has 2 unspecified atom stereocenters. The molecule has 1 aliphatic rings. The Hall–Kier alpha value is -0.380. The van der Waals surface area contributed by atoms with E-state index in [0.717, 1.165) is 44.1 Å². The second-order valence-electron chi connectivity index (χ2n) is 5.50. The fourth-order valence-corrected chi connectivity index (χ4v) is 3.04. The molecule has 0 aromatic carbocycles. The first-order chi connectivity index (χ1) is 10.1. The summed E-state index contributed by atoms with van der Waals surface area (Å²) in [4.78, 5) is 4.50. The highest BCUT2D eigenvalue weighted by molar-refractivity contribution is 14.0. The lowest BCUT2D eigenvalue weighted by molar-refractivity contribution is 0.0676. The maximum atomic E-state index is 10.5. The van der Waals surface area contributed by atoms with Crippen LogP contribution in [0.5, 0.6) is 0 Å². The number of aliphatic imine (C=N–C) groups is 1. The SMILES string of the molecule is CCNC(=NCC(C)(O)c1ccsc1)NCC1CCCO1.I. The number of guanidine groups is 1. The second kappa shape index (κ2) is 9.69. The van der Waals surface area contributed by atoms with E-state index in [1.54, 1.807) is 18.3 Å². The molecule has 22 heavy (non-hydrogen) atoms. The lowest BCUT2D eigenvalue weighted by Crippen LogP contribution is -2.42. The summed E-state index contributed by atoms with van der Waals surface area (Å²) in [7, 11) is 0. The number of halogens is 1. The van der Waals surface area contributed by atoms with Crippen LogP contribution in [0.2, 0.25) is 0 Å². The molecule has 0 bridgehead atoms. The third-order valence-electron chi connectivity index (χ3n) is 3.55.